The lowest BCUT2D eigenvalue weighted by Gasteiger charge is -2.14. The zero-order chi connectivity index (χ0) is 20.5. The number of halogens is 2. The van der Waals surface area contributed by atoms with Crippen LogP contribution in [0.3, 0.4) is 0 Å². The average molecular weight is 421 g/mol. The van der Waals surface area contributed by atoms with Gasteiger partial charge in [0.25, 0.3) is 0 Å². The van der Waals surface area contributed by atoms with Crippen LogP contribution in [0.2, 0.25) is 10.0 Å². The first-order valence-corrected chi connectivity index (χ1v) is 8.85. The van der Waals surface area contributed by atoms with Gasteiger partial charge in [-0.2, -0.15) is 0 Å². The zero-order valence-electron chi connectivity index (χ0n) is 15.3. The molecule has 0 spiro atoms. The summed E-state index contributed by atoms with van der Waals surface area (Å²) in [6, 6.07) is 10.4. The highest BCUT2D eigenvalue weighted by molar-refractivity contribution is 6.37. The third-order valence-corrected chi connectivity index (χ3v) is 4.18. The molecule has 0 saturated heterocycles. The van der Waals surface area contributed by atoms with Gasteiger partial charge >= 0.3 is 5.97 Å². The molecule has 0 aromatic heterocycles. The van der Waals surface area contributed by atoms with Gasteiger partial charge < -0.3 is 18.9 Å². The SMILES string of the molecule is C#CCOc1c(Cl)cc(OCc2ccccc2C(=COC)C(=O)OC)cc1Cl. The Hall–Kier alpha value is -2.81. The monoisotopic (exact) mass is 420 g/mol. The topological polar surface area (TPSA) is 54.0 Å². The molecule has 0 aliphatic carbocycles. The molecule has 0 aliphatic heterocycles. The van der Waals surface area contributed by atoms with Crippen LogP contribution < -0.4 is 9.47 Å². The van der Waals surface area contributed by atoms with E-state index in [0.29, 0.717) is 17.1 Å². The van der Waals surface area contributed by atoms with Crippen LogP contribution in [0.25, 0.3) is 5.57 Å². The number of ether oxygens (including phenoxy) is 4. The van der Waals surface area contributed by atoms with E-state index in [1.807, 2.05) is 12.1 Å². The van der Waals surface area contributed by atoms with E-state index < -0.39 is 5.97 Å². The van der Waals surface area contributed by atoms with Crippen LogP contribution in [0.4, 0.5) is 0 Å². The van der Waals surface area contributed by atoms with Crippen molar-refractivity contribution in [3.8, 4) is 23.8 Å². The van der Waals surface area contributed by atoms with Crippen molar-refractivity contribution in [2.24, 2.45) is 0 Å². The molecule has 0 bridgehead atoms. The summed E-state index contributed by atoms with van der Waals surface area (Å²) >= 11 is 12.4. The highest BCUT2D eigenvalue weighted by Crippen LogP contribution is 2.37. The molecular formula is C21H18Cl2O5. The smallest absolute Gasteiger partial charge is 0.341 e. The first kappa shape index (κ1) is 21.5. The fraction of sp³-hybridized carbons (Fsp3) is 0.190. The van der Waals surface area contributed by atoms with Crippen molar-refractivity contribution in [1.82, 2.24) is 0 Å². The van der Waals surface area contributed by atoms with E-state index in [1.165, 1.54) is 20.5 Å². The molecule has 146 valence electrons. The largest absolute Gasteiger partial charge is 0.503 e. The number of methoxy groups -OCH3 is 2. The number of benzene rings is 2. The summed E-state index contributed by atoms with van der Waals surface area (Å²) in [5.74, 6) is 2.57. The predicted octanol–water partition coefficient (Wildman–Crippen LogP) is 4.74. The molecule has 5 nitrogen and oxygen atoms in total. The first-order chi connectivity index (χ1) is 13.5. The minimum atomic E-state index is -0.518. The second-order valence-electron chi connectivity index (χ2n) is 5.41. The summed E-state index contributed by atoms with van der Waals surface area (Å²) in [6.07, 6.45) is 6.51. The fourth-order valence-corrected chi connectivity index (χ4v) is 2.97. The first-order valence-electron chi connectivity index (χ1n) is 8.09. The van der Waals surface area contributed by atoms with Crippen molar-refractivity contribution in [3.05, 3.63) is 63.8 Å². The number of rotatable bonds is 8. The fourth-order valence-electron chi connectivity index (χ4n) is 2.39. The van der Waals surface area contributed by atoms with Gasteiger partial charge in [-0.15, -0.1) is 6.42 Å². The van der Waals surface area contributed by atoms with Crippen LogP contribution in [0.15, 0.2) is 42.7 Å². The summed E-state index contributed by atoms with van der Waals surface area (Å²) in [5.41, 5.74) is 1.65. The molecular weight excluding hydrogens is 403 g/mol. The van der Waals surface area contributed by atoms with E-state index >= 15 is 0 Å². The molecule has 0 N–H and O–H groups in total. The van der Waals surface area contributed by atoms with Gasteiger partial charge in [0.15, 0.2) is 5.75 Å². The molecule has 0 fully saturated rings. The van der Waals surface area contributed by atoms with E-state index in [1.54, 1.807) is 24.3 Å². The Morgan fingerprint density at radius 3 is 2.43 bits per heavy atom. The highest BCUT2D eigenvalue weighted by Gasteiger charge is 2.17. The summed E-state index contributed by atoms with van der Waals surface area (Å²) in [5, 5.41) is 0.557. The zero-order valence-corrected chi connectivity index (χ0v) is 16.8. The van der Waals surface area contributed by atoms with Crippen LogP contribution >= 0.6 is 23.2 Å². The molecule has 0 atom stereocenters. The van der Waals surface area contributed by atoms with Gasteiger partial charge in [-0.1, -0.05) is 53.4 Å². The number of carbonyl (C=O) groups is 1. The Morgan fingerprint density at radius 2 is 1.82 bits per heavy atom. The van der Waals surface area contributed by atoms with Crippen molar-refractivity contribution in [3.63, 3.8) is 0 Å². The van der Waals surface area contributed by atoms with Gasteiger partial charge in [-0.3, -0.25) is 0 Å². The van der Waals surface area contributed by atoms with E-state index in [4.69, 9.17) is 48.6 Å². The van der Waals surface area contributed by atoms with E-state index in [2.05, 4.69) is 5.92 Å². The average Bonchev–Trinajstić information content (AvgIpc) is 2.69. The molecule has 2 aromatic carbocycles. The van der Waals surface area contributed by atoms with Crippen molar-refractivity contribution < 1.29 is 23.7 Å². The van der Waals surface area contributed by atoms with Gasteiger partial charge in [0.05, 0.1) is 30.5 Å². The Morgan fingerprint density at radius 1 is 1.14 bits per heavy atom. The van der Waals surface area contributed by atoms with Gasteiger partial charge in [-0.05, 0) is 11.1 Å². The number of esters is 1. The predicted molar refractivity (Wildman–Crippen MR) is 109 cm³/mol. The molecule has 0 unspecified atom stereocenters. The second-order valence-corrected chi connectivity index (χ2v) is 6.23. The van der Waals surface area contributed by atoms with Crippen molar-refractivity contribution in [2.45, 2.75) is 6.61 Å². The summed E-state index contributed by atoms with van der Waals surface area (Å²) in [4.78, 5) is 12.1. The molecule has 2 aromatic rings. The molecule has 0 heterocycles. The van der Waals surface area contributed by atoms with Crippen LogP contribution in [-0.4, -0.2) is 26.8 Å². The number of carbonyl (C=O) groups excluding carboxylic acids is 1. The lowest BCUT2D eigenvalue weighted by Crippen LogP contribution is -2.08. The van der Waals surface area contributed by atoms with Gasteiger partial charge in [0.2, 0.25) is 0 Å². The van der Waals surface area contributed by atoms with Crippen LogP contribution in [-0.2, 0) is 20.9 Å². The Kier molecular flexibility index (Phi) is 8.06. The molecule has 0 amide bonds. The quantitative estimate of drug-likeness (QED) is 0.267. The van der Waals surface area contributed by atoms with Crippen molar-refractivity contribution in [1.29, 1.82) is 0 Å². The third kappa shape index (κ3) is 5.35. The lowest BCUT2D eigenvalue weighted by atomic mass is 10.0. The molecule has 0 radical (unpaired) electrons. The minimum Gasteiger partial charge on any atom is -0.503 e. The van der Waals surface area contributed by atoms with Crippen LogP contribution in [0.5, 0.6) is 11.5 Å². The maximum absolute atomic E-state index is 12.1. The number of hydrogen-bond donors (Lipinski definition) is 0. The number of terminal acetylenes is 1. The lowest BCUT2D eigenvalue weighted by molar-refractivity contribution is -0.133. The molecule has 0 saturated carbocycles. The van der Waals surface area contributed by atoms with Crippen LogP contribution in [0.1, 0.15) is 11.1 Å². The van der Waals surface area contributed by atoms with E-state index in [0.717, 1.165) is 5.56 Å². The Labute approximate surface area is 173 Å². The summed E-state index contributed by atoms with van der Waals surface area (Å²) in [7, 11) is 2.76. The second kappa shape index (κ2) is 10.5. The van der Waals surface area contributed by atoms with Gasteiger partial charge in [-0.25, -0.2) is 4.79 Å². The van der Waals surface area contributed by atoms with Gasteiger partial charge in [0, 0.05) is 12.1 Å². The maximum Gasteiger partial charge on any atom is 0.341 e. The molecule has 2 rings (SSSR count). The molecule has 28 heavy (non-hydrogen) atoms. The standard InChI is InChI=1S/C21H18Cl2O5/c1-4-9-27-20-18(22)10-15(11-19(20)23)28-12-14-7-5-6-8-16(14)17(13-25-2)21(24)26-3/h1,5-8,10-11,13H,9,12H2,2-3H3. The van der Waals surface area contributed by atoms with E-state index in [9.17, 15) is 4.79 Å². The third-order valence-electron chi connectivity index (χ3n) is 3.61. The molecule has 7 heteroatoms. The molecule has 0 aliphatic rings. The Balaban J connectivity index is 2.25. The normalized spacial score (nSPS) is 10.8. The summed E-state index contributed by atoms with van der Waals surface area (Å²) < 4.78 is 21.0. The Bertz CT molecular complexity index is 892. The van der Waals surface area contributed by atoms with E-state index in [-0.39, 0.29) is 28.8 Å². The van der Waals surface area contributed by atoms with Crippen LogP contribution in [0, 0.1) is 12.3 Å². The number of hydrogen-bond acceptors (Lipinski definition) is 5. The maximum atomic E-state index is 12.1. The minimum absolute atomic E-state index is 0.0508. The highest BCUT2D eigenvalue weighted by atomic mass is 35.5. The van der Waals surface area contributed by atoms with Gasteiger partial charge in [0.1, 0.15) is 24.5 Å². The van der Waals surface area contributed by atoms with Crippen molar-refractivity contribution >= 4 is 34.7 Å². The summed E-state index contributed by atoms with van der Waals surface area (Å²) in [6.45, 7) is 0.209. The van der Waals surface area contributed by atoms with Crippen molar-refractivity contribution in [2.75, 3.05) is 20.8 Å².